The summed E-state index contributed by atoms with van der Waals surface area (Å²) in [5.74, 6) is 6.24. The first-order chi connectivity index (χ1) is 11.6. The maximum absolute atomic E-state index is 12.2. The molecule has 0 radical (unpaired) electrons. The Labute approximate surface area is 139 Å². The zero-order valence-electron chi connectivity index (χ0n) is 13.5. The van der Waals surface area contributed by atoms with Crippen LogP contribution in [0.4, 0.5) is 0 Å². The summed E-state index contributed by atoms with van der Waals surface area (Å²) >= 11 is 0. The number of hydrogen-bond acceptors (Lipinski definition) is 4. The van der Waals surface area contributed by atoms with Crippen LogP contribution in [0.25, 0.3) is 10.9 Å². The fraction of sp³-hybridized carbons (Fsp3) is 0.389. The molecule has 6 heteroatoms. The Morgan fingerprint density at radius 3 is 3.12 bits per heavy atom. The number of aryl methyl sites for hydroxylation is 1. The van der Waals surface area contributed by atoms with Crippen molar-refractivity contribution < 1.29 is 9.53 Å². The highest BCUT2D eigenvalue weighted by molar-refractivity contribution is 5.97. The molecule has 0 saturated carbocycles. The van der Waals surface area contributed by atoms with Crippen LogP contribution >= 0.6 is 0 Å². The molecule has 1 aromatic carbocycles. The molecule has 2 heterocycles. The molecular weight excluding hydrogens is 306 g/mol. The van der Waals surface area contributed by atoms with Gasteiger partial charge in [-0.05, 0) is 44.4 Å². The minimum Gasteiger partial charge on any atom is -0.366 e. The number of aromatic amines is 1. The highest BCUT2D eigenvalue weighted by Crippen LogP contribution is 2.11. The summed E-state index contributed by atoms with van der Waals surface area (Å²) in [6.45, 7) is 2.73. The Kier molecular flexibility index (Phi) is 4.92. The molecule has 1 aliphatic rings. The predicted molar refractivity (Wildman–Crippen MR) is 90.8 cm³/mol. The van der Waals surface area contributed by atoms with Gasteiger partial charge in [0.15, 0.2) is 0 Å². The van der Waals surface area contributed by atoms with Crippen molar-refractivity contribution in [1.82, 2.24) is 15.3 Å². The fourth-order valence-corrected chi connectivity index (χ4v) is 2.64. The maximum atomic E-state index is 12.2. The number of ether oxygens (including phenoxy) is 1. The van der Waals surface area contributed by atoms with Crippen LogP contribution in [-0.2, 0) is 4.74 Å². The molecule has 124 valence electrons. The molecule has 0 bridgehead atoms. The number of nitrogens with zero attached hydrogens (tertiary/aromatic N) is 1. The van der Waals surface area contributed by atoms with Crippen LogP contribution in [0, 0.1) is 18.8 Å². The van der Waals surface area contributed by atoms with Crippen molar-refractivity contribution in [3.05, 3.63) is 39.9 Å². The number of benzene rings is 1. The second kappa shape index (κ2) is 7.28. The van der Waals surface area contributed by atoms with Gasteiger partial charge in [-0.3, -0.25) is 9.59 Å². The topological polar surface area (TPSA) is 84.1 Å². The van der Waals surface area contributed by atoms with Crippen LogP contribution in [0.3, 0.4) is 0 Å². The SMILES string of the molecule is Cc1nc2cc(C(=O)NCC#CC3CCCCO3)ccc2c(=O)[nH]1. The van der Waals surface area contributed by atoms with Crippen LogP contribution in [-0.4, -0.2) is 35.1 Å². The highest BCUT2D eigenvalue weighted by Gasteiger charge is 2.10. The van der Waals surface area contributed by atoms with Crippen molar-refractivity contribution in [3.8, 4) is 11.8 Å². The predicted octanol–water partition coefficient (Wildman–Crippen LogP) is 1.53. The third-order valence-electron chi connectivity index (χ3n) is 3.87. The van der Waals surface area contributed by atoms with Gasteiger partial charge in [-0.25, -0.2) is 4.98 Å². The largest absolute Gasteiger partial charge is 0.366 e. The van der Waals surface area contributed by atoms with E-state index < -0.39 is 0 Å². The minimum atomic E-state index is -0.240. The normalized spacial score (nSPS) is 17.1. The summed E-state index contributed by atoms with van der Waals surface area (Å²) in [6.07, 6.45) is 3.16. The van der Waals surface area contributed by atoms with E-state index >= 15 is 0 Å². The zero-order valence-corrected chi connectivity index (χ0v) is 13.5. The lowest BCUT2D eigenvalue weighted by Gasteiger charge is -2.17. The Hall–Kier alpha value is -2.65. The molecule has 6 nitrogen and oxygen atoms in total. The van der Waals surface area contributed by atoms with Crippen molar-refractivity contribution in [3.63, 3.8) is 0 Å². The van der Waals surface area contributed by atoms with Gasteiger partial charge in [-0.15, -0.1) is 0 Å². The zero-order chi connectivity index (χ0) is 16.9. The molecule has 1 saturated heterocycles. The molecule has 0 aliphatic carbocycles. The second-order valence-electron chi connectivity index (χ2n) is 5.74. The van der Waals surface area contributed by atoms with Crippen molar-refractivity contribution in [2.75, 3.05) is 13.2 Å². The van der Waals surface area contributed by atoms with Gasteiger partial charge in [-0.1, -0.05) is 11.8 Å². The number of rotatable bonds is 2. The lowest BCUT2D eigenvalue weighted by molar-refractivity contribution is 0.0525. The molecule has 2 N–H and O–H groups in total. The average molecular weight is 325 g/mol. The van der Waals surface area contributed by atoms with Crippen LogP contribution in [0.15, 0.2) is 23.0 Å². The summed E-state index contributed by atoms with van der Waals surface area (Å²) in [5.41, 5.74) is 0.754. The molecular formula is C18H19N3O3. The van der Waals surface area contributed by atoms with Gasteiger partial charge in [0.2, 0.25) is 0 Å². The highest BCUT2D eigenvalue weighted by atomic mass is 16.5. The van der Waals surface area contributed by atoms with E-state index in [0.29, 0.717) is 22.3 Å². The number of carbonyl (C=O) groups is 1. The lowest BCUT2D eigenvalue weighted by Crippen LogP contribution is -2.24. The minimum absolute atomic E-state index is 0.0183. The first-order valence-electron chi connectivity index (χ1n) is 8.02. The quantitative estimate of drug-likeness (QED) is 0.820. The molecule has 0 spiro atoms. The van der Waals surface area contributed by atoms with Gasteiger partial charge in [0.1, 0.15) is 11.9 Å². The average Bonchev–Trinajstić information content (AvgIpc) is 2.58. The fourth-order valence-electron chi connectivity index (χ4n) is 2.64. The van der Waals surface area contributed by atoms with Gasteiger partial charge in [0.05, 0.1) is 17.4 Å². The van der Waals surface area contributed by atoms with Gasteiger partial charge >= 0.3 is 0 Å². The Bertz CT molecular complexity index is 870. The maximum Gasteiger partial charge on any atom is 0.258 e. The third-order valence-corrected chi connectivity index (χ3v) is 3.87. The Morgan fingerprint density at radius 2 is 2.33 bits per heavy atom. The summed E-state index contributed by atoms with van der Waals surface area (Å²) in [5, 5.41) is 3.21. The molecule has 1 unspecified atom stereocenters. The Morgan fingerprint density at radius 1 is 1.46 bits per heavy atom. The number of H-pyrrole nitrogens is 1. The molecule has 24 heavy (non-hydrogen) atoms. The lowest BCUT2D eigenvalue weighted by atomic mass is 10.1. The van der Waals surface area contributed by atoms with Gasteiger partial charge in [0, 0.05) is 12.2 Å². The van der Waals surface area contributed by atoms with Gasteiger partial charge in [0.25, 0.3) is 11.5 Å². The molecule has 1 aromatic heterocycles. The van der Waals surface area contributed by atoms with Crippen LogP contribution in [0.2, 0.25) is 0 Å². The van der Waals surface area contributed by atoms with Crippen molar-refractivity contribution in [2.45, 2.75) is 32.3 Å². The monoisotopic (exact) mass is 325 g/mol. The number of amides is 1. The van der Waals surface area contributed by atoms with Gasteiger partial charge in [-0.2, -0.15) is 0 Å². The number of hydrogen-bond donors (Lipinski definition) is 2. The van der Waals surface area contributed by atoms with E-state index in [0.717, 1.165) is 25.9 Å². The molecule has 1 aliphatic heterocycles. The molecule has 1 amide bonds. The van der Waals surface area contributed by atoms with Crippen molar-refractivity contribution >= 4 is 16.8 Å². The first kappa shape index (κ1) is 16.2. The van der Waals surface area contributed by atoms with Crippen LogP contribution in [0.5, 0.6) is 0 Å². The van der Waals surface area contributed by atoms with E-state index in [9.17, 15) is 9.59 Å². The van der Waals surface area contributed by atoms with E-state index in [4.69, 9.17) is 4.74 Å². The van der Waals surface area contributed by atoms with E-state index in [-0.39, 0.29) is 24.1 Å². The molecule has 3 rings (SSSR count). The molecule has 1 fully saturated rings. The van der Waals surface area contributed by atoms with E-state index in [1.807, 2.05) is 0 Å². The summed E-state index contributed by atoms with van der Waals surface area (Å²) in [7, 11) is 0. The van der Waals surface area contributed by atoms with E-state index in [1.165, 1.54) is 0 Å². The van der Waals surface area contributed by atoms with Gasteiger partial charge < -0.3 is 15.0 Å². The number of fused-ring (bicyclic) bond motifs is 1. The standard InChI is InChI=1S/C18H19N3O3/c1-12-20-16-11-13(7-8-15(16)18(23)21-12)17(22)19-9-4-6-14-5-2-3-10-24-14/h7-8,11,14H,2-3,5,9-10H2,1H3,(H,19,22)(H,20,21,23). The van der Waals surface area contributed by atoms with Crippen LogP contribution in [0.1, 0.15) is 35.4 Å². The first-order valence-corrected chi connectivity index (χ1v) is 8.02. The molecule has 1 atom stereocenters. The third kappa shape index (κ3) is 3.81. The van der Waals surface area contributed by atoms with E-state index in [2.05, 4.69) is 27.1 Å². The number of nitrogens with one attached hydrogen (secondary N) is 2. The second-order valence-corrected chi connectivity index (χ2v) is 5.74. The van der Waals surface area contributed by atoms with Crippen LogP contribution < -0.4 is 10.9 Å². The molecule has 2 aromatic rings. The summed E-state index contributed by atoms with van der Waals surface area (Å²) in [4.78, 5) is 30.9. The van der Waals surface area contributed by atoms with E-state index in [1.54, 1.807) is 25.1 Å². The van der Waals surface area contributed by atoms with Crippen molar-refractivity contribution in [2.24, 2.45) is 0 Å². The summed E-state index contributed by atoms with van der Waals surface area (Å²) in [6, 6.07) is 4.84. The number of carbonyl (C=O) groups excluding carboxylic acids is 1. The summed E-state index contributed by atoms with van der Waals surface area (Å²) < 4.78 is 5.51. The smallest absolute Gasteiger partial charge is 0.258 e. The number of aromatic nitrogens is 2. The Balaban J connectivity index is 1.65. The van der Waals surface area contributed by atoms with Crippen molar-refractivity contribution in [1.29, 1.82) is 0 Å².